The molecule has 0 radical (unpaired) electrons. The molecule has 3 nitrogen and oxygen atoms in total. The van der Waals surface area contributed by atoms with Crippen LogP contribution in [0.5, 0.6) is 5.75 Å². The zero-order valence-corrected chi connectivity index (χ0v) is 13.3. The van der Waals surface area contributed by atoms with Gasteiger partial charge in [0.1, 0.15) is 5.75 Å². The maximum Gasteiger partial charge on any atom is 0.118 e. The van der Waals surface area contributed by atoms with E-state index in [2.05, 4.69) is 43.1 Å². The normalized spacial score (nSPS) is 27.5. The zero-order valence-electron chi connectivity index (χ0n) is 13.3. The molecule has 2 unspecified atom stereocenters. The smallest absolute Gasteiger partial charge is 0.118 e. The molecule has 1 heterocycles. The Kier molecular flexibility index (Phi) is 5.06. The van der Waals surface area contributed by atoms with Gasteiger partial charge in [-0.3, -0.25) is 4.90 Å². The number of nitrogens with zero attached hydrogens (tertiary/aromatic N) is 1. The highest BCUT2D eigenvalue weighted by molar-refractivity contribution is 5.27. The van der Waals surface area contributed by atoms with E-state index in [1.807, 2.05) is 12.1 Å². The molecule has 0 amide bonds. The summed E-state index contributed by atoms with van der Waals surface area (Å²) in [6.07, 6.45) is 2.28. The fraction of sp³-hybridized carbons (Fsp3) is 0.647. The van der Waals surface area contributed by atoms with Crippen molar-refractivity contribution in [3.8, 4) is 5.75 Å². The summed E-state index contributed by atoms with van der Waals surface area (Å²) in [6, 6.07) is 9.06. The Morgan fingerprint density at radius 2 is 2.05 bits per heavy atom. The molecule has 2 rings (SSSR count). The summed E-state index contributed by atoms with van der Waals surface area (Å²) in [5.74, 6) is 0.933. The van der Waals surface area contributed by atoms with Crippen LogP contribution in [-0.2, 0) is 6.42 Å². The highest BCUT2D eigenvalue weighted by atomic mass is 16.5. The molecule has 0 aromatic heterocycles. The number of hydrogen-bond donors (Lipinski definition) is 1. The number of methoxy groups -OCH3 is 1. The van der Waals surface area contributed by atoms with Crippen molar-refractivity contribution >= 4 is 0 Å². The average molecular weight is 276 g/mol. The maximum absolute atomic E-state index is 5.20. The number of ether oxygens (including phenoxy) is 1. The van der Waals surface area contributed by atoms with Gasteiger partial charge in [-0.2, -0.15) is 0 Å². The maximum atomic E-state index is 5.20. The van der Waals surface area contributed by atoms with Crippen LogP contribution >= 0.6 is 0 Å². The minimum absolute atomic E-state index is 0.270. The molecule has 1 aromatic carbocycles. The zero-order chi connectivity index (χ0) is 14.6. The highest BCUT2D eigenvalue weighted by Crippen LogP contribution is 2.19. The molecular weight excluding hydrogens is 248 g/mol. The van der Waals surface area contributed by atoms with E-state index in [0.717, 1.165) is 31.8 Å². The van der Waals surface area contributed by atoms with Gasteiger partial charge in [0, 0.05) is 31.2 Å². The summed E-state index contributed by atoms with van der Waals surface area (Å²) in [5.41, 5.74) is 1.65. The van der Waals surface area contributed by atoms with E-state index in [1.165, 1.54) is 12.0 Å². The number of rotatable bonds is 5. The summed E-state index contributed by atoms with van der Waals surface area (Å²) < 4.78 is 5.20. The van der Waals surface area contributed by atoms with Gasteiger partial charge in [-0.1, -0.05) is 19.1 Å². The van der Waals surface area contributed by atoms with Crippen LogP contribution < -0.4 is 10.1 Å². The van der Waals surface area contributed by atoms with Crippen molar-refractivity contribution in [3.63, 3.8) is 0 Å². The molecule has 1 aromatic rings. The predicted molar refractivity (Wildman–Crippen MR) is 84.4 cm³/mol. The molecule has 1 fully saturated rings. The van der Waals surface area contributed by atoms with Gasteiger partial charge in [0.05, 0.1) is 7.11 Å². The third-order valence-corrected chi connectivity index (χ3v) is 4.63. The standard InChI is InChI=1S/C17H28N2O/c1-5-17(3)13-19(14(2)12-18-17)11-10-15-6-8-16(20-4)9-7-15/h6-9,14,18H,5,10-13H2,1-4H3. The van der Waals surface area contributed by atoms with E-state index in [4.69, 9.17) is 4.74 Å². The molecule has 0 aliphatic carbocycles. The number of nitrogens with one attached hydrogen (secondary N) is 1. The second-order valence-electron chi connectivity index (χ2n) is 6.21. The highest BCUT2D eigenvalue weighted by Gasteiger charge is 2.31. The van der Waals surface area contributed by atoms with Gasteiger partial charge in [0.25, 0.3) is 0 Å². The van der Waals surface area contributed by atoms with Crippen molar-refractivity contribution in [1.29, 1.82) is 0 Å². The van der Waals surface area contributed by atoms with Crippen molar-refractivity contribution in [1.82, 2.24) is 10.2 Å². The molecule has 1 aliphatic rings. The van der Waals surface area contributed by atoms with Crippen LogP contribution in [0, 0.1) is 0 Å². The molecule has 1 saturated heterocycles. The van der Waals surface area contributed by atoms with Gasteiger partial charge in [-0.05, 0) is 44.4 Å². The van der Waals surface area contributed by atoms with E-state index >= 15 is 0 Å². The molecule has 3 heteroatoms. The van der Waals surface area contributed by atoms with Crippen molar-refractivity contribution in [2.45, 2.75) is 45.2 Å². The minimum Gasteiger partial charge on any atom is -0.497 e. The number of piperazine rings is 1. The Bertz CT molecular complexity index is 418. The van der Waals surface area contributed by atoms with Crippen molar-refractivity contribution in [3.05, 3.63) is 29.8 Å². The second kappa shape index (κ2) is 6.59. The fourth-order valence-electron chi connectivity index (χ4n) is 2.78. The van der Waals surface area contributed by atoms with E-state index in [9.17, 15) is 0 Å². The number of benzene rings is 1. The molecule has 0 saturated carbocycles. The number of hydrogen-bond acceptors (Lipinski definition) is 3. The molecule has 20 heavy (non-hydrogen) atoms. The largest absolute Gasteiger partial charge is 0.497 e. The molecule has 1 N–H and O–H groups in total. The Morgan fingerprint density at radius 1 is 1.35 bits per heavy atom. The summed E-state index contributed by atoms with van der Waals surface area (Å²) >= 11 is 0. The minimum atomic E-state index is 0.270. The third-order valence-electron chi connectivity index (χ3n) is 4.63. The first kappa shape index (κ1) is 15.3. The summed E-state index contributed by atoms with van der Waals surface area (Å²) in [4.78, 5) is 2.62. The van der Waals surface area contributed by atoms with Gasteiger partial charge < -0.3 is 10.1 Å². The summed E-state index contributed by atoms with van der Waals surface area (Å²) in [7, 11) is 1.71. The lowest BCUT2D eigenvalue weighted by Gasteiger charge is -2.45. The lowest BCUT2D eigenvalue weighted by atomic mass is 9.93. The topological polar surface area (TPSA) is 24.5 Å². The molecule has 112 valence electrons. The Labute approximate surface area is 123 Å². The van der Waals surface area contributed by atoms with Crippen LogP contribution in [0.15, 0.2) is 24.3 Å². The first-order valence-corrected chi connectivity index (χ1v) is 7.68. The monoisotopic (exact) mass is 276 g/mol. The van der Waals surface area contributed by atoms with Crippen LogP contribution in [0.2, 0.25) is 0 Å². The average Bonchev–Trinajstić information content (AvgIpc) is 2.49. The van der Waals surface area contributed by atoms with Gasteiger partial charge in [-0.15, -0.1) is 0 Å². The van der Waals surface area contributed by atoms with E-state index < -0.39 is 0 Å². The third kappa shape index (κ3) is 3.74. The summed E-state index contributed by atoms with van der Waals surface area (Å²) in [5, 5.41) is 3.68. The summed E-state index contributed by atoms with van der Waals surface area (Å²) in [6.45, 7) is 10.3. The van der Waals surface area contributed by atoms with E-state index in [1.54, 1.807) is 7.11 Å². The van der Waals surface area contributed by atoms with Crippen LogP contribution in [0.25, 0.3) is 0 Å². The Balaban J connectivity index is 1.91. The van der Waals surface area contributed by atoms with Crippen molar-refractivity contribution in [2.75, 3.05) is 26.7 Å². The van der Waals surface area contributed by atoms with E-state index in [-0.39, 0.29) is 5.54 Å². The van der Waals surface area contributed by atoms with E-state index in [0.29, 0.717) is 6.04 Å². The van der Waals surface area contributed by atoms with Crippen LogP contribution in [0.1, 0.15) is 32.8 Å². The quantitative estimate of drug-likeness (QED) is 0.895. The van der Waals surface area contributed by atoms with Gasteiger partial charge in [0.15, 0.2) is 0 Å². The van der Waals surface area contributed by atoms with Crippen LogP contribution in [0.4, 0.5) is 0 Å². The fourth-order valence-corrected chi connectivity index (χ4v) is 2.78. The lowest BCUT2D eigenvalue weighted by Crippen LogP contribution is -2.62. The molecular formula is C17H28N2O. The second-order valence-corrected chi connectivity index (χ2v) is 6.21. The van der Waals surface area contributed by atoms with Gasteiger partial charge in [0.2, 0.25) is 0 Å². The van der Waals surface area contributed by atoms with Crippen LogP contribution in [-0.4, -0.2) is 43.2 Å². The van der Waals surface area contributed by atoms with Gasteiger partial charge >= 0.3 is 0 Å². The lowest BCUT2D eigenvalue weighted by molar-refractivity contribution is 0.0944. The SMILES string of the molecule is CCC1(C)CN(CCc2ccc(OC)cc2)C(C)CN1. The first-order valence-electron chi connectivity index (χ1n) is 7.68. The predicted octanol–water partition coefficient (Wildman–Crippen LogP) is 2.70. The molecule has 2 atom stereocenters. The first-order chi connectivity index (χ1) is 9.56. The van der Waals surface area contributed by atoms with Gasteiger partial charge in [-0.25, -0.2) is 0 Å². The Hall–Kier alpha value is -1.06. The Morgan fingerprint density at radius 3 is 2.65 bits per heavy atom. The molecule has 0 bridgehead atoms. The van der Waals surface area contributed by atoms with Crippen molar-refractivity contribution in [2.24, 2.45) is 0 Å². The van der Waals surface area contributed by atoms with Crippen LogP contribution in [0.3, 0.4) is 0 Å². The van der Waals surface area contributed by atoms with Crippen molar-refractivity contribution < 1.29 is 4.74 Å². The molecule has 1 aliphatic heterocycles. The molecule has 0 spiro atoms.